The molecule has 0 aliphatic heterocycles. The second-order valence-corrected chi connectivity index (χ2v) is 2.61. The lowest BCUT2D eigenvalue weighted by Gasteiger charge is -2.23. The first-order chi connectivity index (χ1) is 4.20. The van der Waals surface area contributed by atoms with E-state index in [9.17, 15) is 8.78 Å². The Kier molecular flexibility index (Phi) is 2.01. The molecule has 0 amide bonds. The SMILES string of the molecule is N[C@H]1CC[C@H](F)[C@H](F)C1. The van der Waals surface area contributed by atoms with Crippen LogP contribution in [0.4, 0.5) is 8.78 Å². The van der Waals surface area contributed by atoms with E-state index in [0.29, 0.717) is 12.8 Å². The number of nitrogens with two attached hydrogens (primary N) is 1. The average molecular weight is 135 g/mol. The van der Waals surface area contributed by atoms with Crippen LogP contribution in [0.3, 0.4) is 0 Å². The number of alkyl halides is 2. The van der Waals surface area contributed by atoms with Gasteiger partial charge in [-0.25, -0.2) is 8.78 Å². The van der Waals surface area contributed by atoms with Crippen molar-refractivity contribution in [2.24, 2.45) is 5.73 Å². The maximum Gasteiger partial charge on any atom is 0.133 e. The molecule has 0 heterocycles. The highest BCUT2D eigenvalue weighted by molar-refractivity contribution is 4.81. The maximum atomic E-state index is 12.4. The molecule has 0 radical (unpaired) electrons. The molecule has 0 aromatic carbocycles. The van der Waals surface area contributed by atoms with Gasteiger partial charge in [-0.05, 0) is 19.3 Å². The molecule has 3 heteroatoms. The fourth-order valence-electron chi connectivity index (χ4n) is 1.11. The van der Waals surface area contributed by atoms with Crippen LogP contribution < -0.4 is 5.73 Å². The summed E-state index contributed by atoms with van der Waals surface area (Å²) in [6.07, 6.45) is -1.45. The van der Waals surface area contributed by atoms with Gasteiger partial charge in [-0.15, -0.1) is 0 Å². The standard InChI is InChI=1S/C6H11F2N/c7-5-2-1-4(9)3-6(5)8/h4-6H,1-3,9H2/t4-,5-,6+/m0/s1. The Bertz CT molecular complexity index is 97.1. The van der Waals surface area contributed by atoms with Gasteiger partial charge in [0.05, 0.1) is 0 Å². The minimum atomic E-state index is -1.31. The Hall–Kier alpha value is -0.180. The summed E-state index contributed by atoms with van der Waals surface area (Å²) in [6, 6.07) is -0.119. The highest BCUT2D eigenvalue weighted by Crippen LogP contribution is 2.22. The molecule has 2 N–H and O–H groups in total. The molecule has 1 saturated carbocycles. The summed E-state index contributed by atoms with van der Waals surface area (Å²) >= 11 is 0. The first-order valence-electron chi connectivity index (χ1n) is 3.24. The molecule has 0 bridgehead atoms. The first-order valence-corrected chi connectivity index (χ1v) is 3.24. The molecule has 0 saturated heterocycles. The third-order valence-corrected chi connectivity index (χ3v) is 1.73. The van der Waals surface area contributed by atoms with Gasteiger partial charge in [-0.1, -0.05) is 0 Å². The zero-order valence-corrected chi connectivity index (χ0v) is 5.19. The van der Waals surface area contributed by atoms with Gasteiger partial charge in [-0.3, -0.25) is 0 Å². The van der Waals surface area contributed by atoms with Crippen LogP contribution in [-0.4, -0.2) is 18.4 Å². The lowest BCUT2D eigenvalue weighted by molar-refractivity contribution is 0.109. The van der Waals surface area contributed by atoms with Crippen molar-refractivity contribution < 1.29 is 8.78 Å². The van der Waals surface area contributed by atoms with E-state index in [1.807, 2.05) is 0 Å². The zero-order chi connectivity index (χ0) is 6.85. The minimum Gasteiger partial charge on any atom is -0.328 e. The second kappa shape index (κ2) is 2.60. The molecule has 0 spiro atoms. The van der Waals surface area contributed by atoms with Crippen LogP contribution in [0.2, 0.25) is 0 Å². The molecule has 1 aliphatic carbocycles. The second-order valence-electron chi connectivity index (χ2n) is 2.61. The molecule has 3 atom stereocenters. The van der Waals surface area contributed by atoms with Crippen LogP contribution in [0.1, 0.15) is 19.3 Å². The van der Waals surface area contributed by atoms with Gasteiger partial charge in [0.15, 0.2) is 0 Å². The average Bonchev–Trinajstić information content (AvgIpc) is 1.80. The largest absolute Gasteiger partial charge is 0.328 e. The van der Waals surface area contributed by atoms with Crippen LogP contribution >= 0.6 is 0 Å². The fraction of sp³-hybridized carbons (Fsp3) is 1.00. The Morgan fingerprint density at radius 1 is 1.11 bits per heavy atom. The van der Waals surface area contributed by atoms with E-state index in [1.165, 1.54) is 0 Å². The summed E-state index contributed by atoms with van der Waals surface area (Å²) in [7, 11) is 0. The zero-order valence-electron chi connectivity index (χ0n) is 5.19. The molecular formula is C6H11F2N. The molecular weight excluding hydrogens is 124 g/mol. The normalized spacial score (nSPS) is 45.0. The van der Waals surface area contributed by atoms with E-state index in [0.717, 1.165) is 0 Å². The Morgan fingerprint density at radius 3 is 2.22 bits per heavy atom. The molecule has 9 heavy (non-hydrogen) atoms. The third-order valence-electron chi connectivity index (χ3n) is 1.73. The van der Waals surface area contributed by atoms with Crippen molar-refractivity contribution in [3.8, 4) is 0 Å². The van der Waals surface area contributed by atoms with Crippen LogP contribution in [0.25, 0.3) is 0 Å². The smallest absolute Gasteiger partial charge is 0.133 e. The lowest BCUT2D eigenvalue weighted by atomic mass is 9.93. The molecule has 1 nitrogen and oxygen atoms in total. The molecule has 0 unspecified atom stereocenters. The quantitative estimate of drug-likeness (QED) is 0.530. The topological polar surface area (TPSA) is 26.0 Å². The highest BCUT2D eigenvalue weighted by Gasteiger charge is 2.28. The molecule has 1 rings (SSSR count). The molecule has 0 aromatic heterocycles. The lowest BCUT2D eigenvalue weighted by Crippen LogP contribution is -2.35. The summed E-state index contributed by atoms with van der Waals surface area (Å²) in [5.74, 6) is 0. The fourth-order valence-corrected chi connectivity index (χ4v) is 1.11. The van der Waals surface area contributed by atoms with E-state index in [2.05, 4.69) is 0 Å². The van der Waals surface area contributed by atoms with Gasteiger partial charge in [0.25, 0.3) is 0 Å². The van der Waals surface area contributed by atoms with Crippen molar-refractivity contribution in [3.05, 3.63) is 0 Å². The Morgan fingerprint density at radius 2 is 1.78 bits per heavy atom. The maximum absolute atomic E-state index is 12.4. The van der Waals surface area contributed by atoms with Gasteiger partial charge in [0.1, 0.15) is 12.3 Å². The van der Waals surface area contributed by atoms with Crippen molar-refractivity contribution >= 4 is 0 Å². The van der Waals surface area contributed by atoms with Crippen molar-refractivity contribution in [1.82, 2.24) is 0 Å². The molecule has 1 aliphatic rings. The van der Waals surface area contributed by atoms with E-state index in [1.54, 1.807) is 0 Å². The number of rotatable bonds is 0. The third kappa shape index (κ3) is 1.61. The van der Waals surface area contributed by atoms with Crippen LogP contribution in [-0.2, 0) is 0 Å². The van der Waals surface area contributed by atoms with Gasteiger partial charge in [0.2, 0.25) is 0 Å². The summed E-state index contributed by atoms with van der Waals surface area (Å²) < 4.78 is 24.7. The van der Waals surface area contributed by atoms with Gasteiger partial charge in [-0.2, -0.15) is 0 Å². The summed E-state index contributed by atoms with van der Waals surface area (Å²) in [5, 5.41) is 0. The Balaban J connectivity index is 2.35. The van der Waals surface area contributed by atoms with Crippen LogP contribution in [0, 0.1) is 0 Å². The van der Waals surface area contributed by atoms with E-state index in [-0.39, 0.29) is 12.5 Å². The van der Waals surface area contributed by atoms with Crippen molar-refractivity contribution in [3.63, 3.8) is 0 Å². The van der Waals surface area contributed by atoms with Crippen molar-refractivity contribution in [2.45, 2.75) is 37.6 Å². The van der Waals surface area contributed by atoms with Crippen molar-refractivity contribution in [1.29, 1.82) is 0 Å². The molecule has 0 aromatic rings. The predicted octanol–water partition coefficient (Wildman–Crippen LogP) is 1.17. The van der Waals surface area contributed by atoms with E-state index in [4.69, 9.17) is 5.73 Å². The minimum absolute atomic E-state index is 0.119. The van der Waals surface area contributed by atoms with Gasteiger partial charge < -0.3 is 5.73 Å². The number of hydrogen-bond donors (Lipinski definition) is 1. The first kappa shape index (κ1) is 6.93. The summed E-state index contributed by atoms with van der Waals surface area (Å²) in [4.78, 5) is 0. The summed E-state index contributed by atoms with van der Waals surface area (Å²) in [5.41, 5.74) is 5.38. The number of hydrogen-bond acceptors (Lipinski definition) is 1. The summed E-state index contributed by atoms with van der Waals surface area (Å²) in [6.45, 7) is 0. The van der Waals surface area contributed by atoms with Crippen LogP contribution in [0.15, 0.2) is 0 Å². The van der Waals surface area contributed by atoms with E-state index >= 15 is 0 Å². The van der Waals surface area contributed by atoms with Crippen LogP contribution in [0.5, 0.6) is 0 Å². The highest BCUT2D eigenvalue weighted by atomic mass is 19.2. The Labute approximate surface area is 53.2 Å². The predicted molar refractivity (Wildman–Crippen MR) is 31.6 cm³/mol. The molecule has 54 valence electrons. The molecule has 1 fully saturated rings. The van der Waals surface area contributed by atoms with Gasteiger partial charge >= 0.3 is 0 Å². The van der Waals surface area contributed by atoms with E-state index < -0.39 is 12.3 Å². The monoisotopic (exact) mass is 135 g/mol. The van der Waals surface area contributed by atoms with Gasteiger partial charge in [0, 0.05) is 6.04 Å². The number of halogens is 2. The van der Waals surface area contributed by atoms with Crippen molar-refractivity contribution in [2.75, 3.05) is 0 Å².